The van der Waals surface area contributed by atoms with Crippen LogP contribution in [0.25, 0.3) is 0 Å². The molecule has 28 heavy (non-hydrogen) atoms. The minimum atomic E-state index is -3.41. The third-order valence-corrected chi connectivity index (χ3v) is 8.41. The first kappa shape index (κ1) is 19.8. The molecule has 1 amide bonds. The number of H-pyrrole nitrogens is 1. The van der Waals surface area contributed by atoms with E-state index < -0.39 is 10.2 Å². The van der Waals surface area contributed by atoms with E-state index in [0.717, 1.165) is 63.5 Å². The number of rotatable bonds is 5. The maximum absolute atomic E-state index is 13.0. The predicted octanol–water partition coefficient (Wildman–Crippen LogP) is 2.45. The summed E-state index contributed by atoms with van der Waals surface area (Å²) in [6, 6.07) is 0. The van der Waals surface area contributed by atoms with Crippen LogP contribution in [0.1, 0.15) is 69.4 Å². The summed E-state index contributed by atoms with van der Waals surface area (Å²) in [6.45, 7) is 2.24. The van der Waals surface area contributed by atoms with Crippen molar-refractivity contribution in [3.8, 4) is 0 Å². The van der Waals surface area contributed by atoms with Gasteiger partial charge in [-0.1, -0.05) is 19.3 Å². The van der Waals surface area contributed by atoms with Gasteiger partial charge in [-0.05, 0) is 38.5 Å². The Balaban J connectivity index is 1.45. The lowest BCUT2D eigenvalue weighted by molar-refractivity contribution is -0.119. The predicted molar refractivity (Wildman–Crippen MR) is 107 cm³/mol. The third kappa shape index (κ3) is 4.11. The number of aromatic nitrogens is 2. The van der Waals surface area contributed by atoms with E-state index in [2.05, 4.69) is 15.5 Å². The van der Waals surface area contributed by atoms with Crippen LogP contribution in [0.2, 0.25) is 0 Å². The van der Waals surface area contributed by atoms with E-state index in [-0.39, 0.29) is 17.7 Å². The molecule has 1 aliphatic carbocycles. The maximum atomic E-state index is 13.0. The first-order valence-corrected chi connectivity index (χ1v) is 12.0. The van der Waals surface area contributed by atoms with Crippen LogP contribution >= 0.6 is 0 Å². The summed E-state index contributed by atoms with van der Waals surface area (Å²) in [6.07, 6.45) is 10.5. The lowest BCUT2D eigenvalue weighted by Gasteiger charge is -2.36. The Labute approximate surface area is 167 Å². The first-order chi connectivity index (χ1) is 13.6. The summed E-state index contributed by atoms with van der Waals surface area (Å²) < 4.78 is 29.4. The number of hydrogen-bond donors (Lipinski definition) is 2. The molecule has 2 N–H and O–H groups in total. The second-order valence-electron chi connectivity index (χ2n) is 8.33. The zero-order valence-corrected chi connectivity index (χ0v) is 17.2. The topological polar surface area (TPSA) is 98.4 Å². The zero-order valence-electron chi connectivity index (χ0n) is 16.4. The molecular formula is C19H31N5O3S. The van der Waals surface area contributed by atoms with Gasteiger partial charge in [0.15, 0.2) is 0 Å². The van der Waals surface area contributed by atoms with Crippen molar-refractivity contribution in [1.29, 1.82) is 0 Å². The van der Waals surface area contributed by atoms with Crippen LogP contribution < -0.4 is 5.32 Å². The van der Waals surface area contributed by atoms with Crippen LogP contribution in [0.4, 0.5) is 5.69 Å². The van der Waals surface area contributed by atoms with Crippen LogP contribution in [-0.2, 0) is 15.0 Å². The van der Waals surface area contributed by atoms with E-state index in [1.54, 1.807) is 14.8 Å². The largest absolute Gasteiger partial charge is 0.323 e. The highest BCUT2D eigenvalue weighted by atomic mass is 32.2. The summed E-state index contributed by atoms with van der Waals surface area (Å²) in [5, 5.41) is 10.2. The van der Waals surface area contributed by atoms with Crippen molar-refractivity contribution in [2.24, 2.45) is 5.92 Å². The van der Waals surface area contributed by atoms with Crippen molar-refractivity contribution in [2.75, 3.05) is 31.5 Å². The Morgan fingerprint density at radius 2 is 1.71 bits per heavy atom. The molecule has 3 heterocycles. The standard InChI is InChI=1S/C19H31N5O3S/c25-19(15-7-2-3-8-15)21-17-13-20-22-18(17)16-9-6-12-24(14-16)28(26,27)23-10-4-1-5-11-23/h13,15-16H,1-12,14H2,(H,20,22)(H,21,25). The number of anilines is 1. The van der Waals surface area contributed by atoms with Gasteiger partial charge in [-0.15, -0.1) is 0 Å². The van der Waals surface area contributed by atoms with Crippen LogP contribution in [0.15, 0.2) is 6.20 Å². The fourth-order valence-electron chi connectivity index (χ4n) is 4.78. The van der Waals surface area contributed by atoms with Gasteiger partial charge in [-0.2, -0.15) is 22.1 Å². The molecule has 1 saturated carbocycles. The molecule has 156 valence electrons. The minimum absolute atomic E-state index is 0.0229. The third-order valence-electron chi connectivity index (χ3n) is 6.41. The number of hydrogen-bond acceptors (Lipinski definition) is 4. The molecule has 2 aliphatic heterocycles. The number of nitrogens with zero attached hydrogens (tertiary/aromatic N) is 3. The summed E-state index contributed by atoms with van der Waals surface area (Å²) in [5.74, 6) is 0.175. The molecule has 0 radical (unpaired) electrons. The monoisotopic (exact) mass is 409 g/mol. The van der Waals surface area contributed by atoms with E-state index in [1.807, 2.05) is 0 Å². The quantitative estimate of drug-likeness (QED) is 0.780. The average molecular weight is 410 g/mol. The molecule has 4 rings (SSSR count). The highest BCUT2D eigenvalue weighted by Crippen LogP contribution is 2.33. The molecule has 2 saturated heterocycles. The molecule has 1 aromatic heterocycles. The van der Waals surface area contributed by atoms with Gasteiger partial charge in [-0.3, -0.25) is 9.89 Å². The van der Waals surface area contributed by atoms with Gasteiger partial charge >= 0.3 is 0 Å². The SMILES string of the molecule is O=C(Nc1cn[nH]c1C1CCCN(S(=O)(=O)N2CCCCC2)C1)C1CCCC1. The number of amides is 1. The van der Waals surface area contributed by atoms with Gasteiger partial charge in [-0.25, -0.2) is 0 Å². The van der Waals surface area contributed by atoms with Crippen LogP contribution in [0.5, 0.6) is 0 Å². The summed E-state index contributed by atoms with van der Waals surface area (Å²) >= 11 is 0. The van der Waals surface area contributed by atoms with Gasteiger partial charge in [0.25, 0.3) is 10.2 Å². The molecule has 1 atom stereocenters. The normalized spacial score (nSPS) is 25.8. The number of carbonyl (C=O) groups excluding carboxylic acids is 1. The highest BCUT2D eigenvalue weighted by Gasteiger charge is 2.36. The highest BCUT2D eigenvalue weighted by molar-refractivity contribution is 7.86. The molecule has 0 bridgehead atoms. The fraction of sp³-hybridized carbons (Fsp3) is 0.789. The van der Waals surface area contributed by atoms with E-state index >= 15 is 0 Å². The number of carbonyl (C=O) groups is 1. The van der Waals surface area contributed by atoms with Crippen molar-refractivity contribution in [2.45, 2.75) is 63.7 Å². The molecule has 8 nitrogen and oxygen atoms in total. The Morgan fingerprint density at radius 3 is 2.46 bits per heavy atom. The Hall–Kier alpha value is -1.45. The Bertz CT molecular complexity index is 781. The Kier molecular flexibility index (Phi) is 6.03. The second-order valence-corrected chi connectivity index (χ2v) is 10.3. The lowest BCUT2D eigenvalue weighted by atomic mass is 9.95. The molecular weight excluding hydrogens is 378 g/mol. The maximum Gasteiger partial charge on any atom is 0.281 e. The van der Waals surface area contributed by atoms with E-state index in [4.69, 9.17) is 0 Å². The molecule has 3 aliphatic rings. The number of nitrogens with one attached hydrogen (secondary N) is 2. The summed E-state index contributed by atoms with van der Waals surface area (Å²) in [5.41, 5.74) is 1.56. The van der Waals surface area contributed by atoms with Crippen molar-refractivity contribution < 1.29 is 13.2 Å². The lowest BCUT2D eigenvalue weighted by Crippen LogP contribution is -2.49. The van der Waals surface area contributed by atoms with Gasteiger partial charge in [0.05, 0.1) is 17.6 Å². The van der Waals surface area contributed by atoms with Crippen molar-refractivity contribution in [1.82, 2.24) is 18.8 Å². The smallest absolute Gasteiger partial charge is 0.281 e. The molecule has 0 aromatic carbocycles. The van der Waals surface area contributed by atoms with Gasteiger partial charge in [0.2, 0.25) is 5.91 Å². The van der Waals surface area contributed by atoms with Gasteiger partial charge in [0.1, 0.15) is 0 Å². The van der Waals surface area contributed by atoms with E-state index in [1.165, 1.54) is 0 Å². The number of aromatic amines is 1. The van der Waals surface area contributed by atoms with Crippen molar-refractivity contribution in [3.63, 3.8) is 0 Å². The van der Waals surface area contributed by atoms with Crippen LogP contribution in [0.3, 0.4) is 0 Å². The molecule has 1 unspecified atom stereocenters. The van der Waals surface area contributed by atoms with Crippen molar-refractivity contribution in [3.05, 3.63) is 11.9 Å². The van der Waals surface area contributed by atoms with E-state index in [0.29, 0.717) is 31.9 Å². The summed E-state index contributed by atoms with van der Waals surface area (Å²) in [7, 11) is -3.41. The Morgan fingerprint density at radius 1 is 1.00 bits per heavy atom. The molecule has 0 spiro atoms. The zero-order chi connectivity index (χ0) is 19.6. The molecule has 3 fully saturated rings. The van der Waals surface area contributed by atoms with Crippen LogP contribution in [0, 0.1) is 5.92 Å². The molecule has 9 heteroatoms. The van der Waals surface area contributed by atoms with Crippen LogP contribution in [-0.4, -0.2) is 59.3 Å². The second kappa shape index (κ2) is 8.51. The fourth-order valence-corrected chi connectivity index (χ4v) is 6.55. The summed E-state index contributed by atoms with van der Waals surface area (Å²) in [4.78, 5) is 12.5. The van der Waals surface area contributed by atoms with Gasteiger partial charge in [0, 0.05) is 38.0 Å². The van der Waals surface area contributed by atoms with Gasteiger partial charge < -0.3 is 5.32 Å². The van der Waals surface area contributed by atoms with Crippen molar-refractivity contribution >= 4 is 21.8 Å². The first-order valence-electron chi connectivity index (χ1n) is 10.6. The molecule has 1 aromatic rings. The number of piperidine rings is 2. The average Bonchev–Trinajstić information content (AvgIpc) is 3.41. The minimum Gasteiger partial charge on any atom is -0.323 e. The van der Waals surface area contributed by atoms with E-state index in [9.17, 15) is 13.2 Å².